The van der Waals surface area contributed by atoms with Crippen LogP contribution in [-0.2, 0) is 0 Å². The number of rotatable bonds is 4. The highest BCUT2D eigenvalue weighted by molar-refractivity contribution is 6.03. The molecule has 166 valence electrons. The van der Waals surface area contributed by atoms with E-state index >= 15 is 0 Å². The van der Waals surface area contributed by atoms with Crippen molar-refractivity contribution >= 4 is 29.8 Å². The predicted molar refractivity (Wildman–Crippen MR) is 120 cm³/mol. The van der Waals surface area contributed by atoms with Gasteiger partial charge in [0, 0.05) is 17.2 Å². The van der Waals surface area contributed by atoms with E-state index in [9.17, 15) is 23.9 Å². The minimum absolute atomic E-state index is 0. The smallest absolute Gasteiger partial charge is 0.292 e. The third kappa shape index (κ3) is 4.61. The number of hydrogen-bond donors (Lipinski definition) is 3. The van der Waals surface area contributed by atoms with Gasteiger partial charge in [0.2, 0.25) is 0 Å². The van der Waals surface area contributed by atoms with Gasteiger partial charge in [0.1, 0.15) is 29.0 Å². The van der Waals surface area contributed by atoms with Gasteiger partial charge < -0.3 is 20.6 Å². The number of nitrogens with zero attached hydrogens (tertiary/aromatic N) is 2. The Kier molecular flexibility index (Phi) is 6.61. The number of nitrogens with one attached hydrogen (secondary N) is 1. The molecule has 4 aromatic rings. The molecule has 2 heterocycles. The third-order valence-corrected chi connectivity index (χ3v) is 4.65. The Hall–Kier alpha value is -4.42. The van der Waals surface area contributed by atoms with Gasteiger partial charge in [-0.2, -0.15) is 5.26 Å². The maximum atomic E-state index is 13.7. The minimum Gasteiger partial charge on any atom is -0.507 e. The van der Waals surface area contributed by atoms with Crippen LogP contribution in [0.3, 0.4) is 0 Å². The zero-order chi connectivity index (χ0) is 22.8. The molecule has 0 aliphatic heterocycles. The molecule has 4 N–H and O–H groups in total. The summed E-state index contributed by atoms with van der Waals surface area (Å²) in [6.45, 7) is 0. The monoisotopic (exact) mass is 468 g/mol. The summed E-state index contributed by atoms with van der Waals surface area (Å²) in [5, 5.41) is 22.5. The van der Waals surface area contributed by atoms with Gasteiger partial charge in [-0.3, -0.25) is 4.79 Å². The number of nitrogen functional groups attached to an aromatic ring is 1. The molecule has 0 aliphatic carbocycles. The summed E-state index contributed by atoms with van der Waals surface area (Å²) in [5.74, 6) is -2.49. The Morgan fingerprint density at radius 2 is 1.91 bits per heavy atom. The number of halogens is 3. The molecule has 0 atom stereocenters. The first-order chi connectivity index (χ1) is 15.4. The normalized spacial score (nSPS) is 10.2. The van der Waals surface area contributed by atoms with Crippen molar-refractivity contribution in [3.8, 4) is 34.2 Å². The van der Waals surface area contributed by atoms with Crippen LogP contribution in [-0.4, -0.2) is 16.0 Å². The van der Waals surface area contributed by atoms with Crippen molar-refractivity contribution in [3.05, 3.63) is 83.8 Å². The van der Waals surface area contributed by atoms with Crippen LogP contribution in [0.2, 0.25) is 0 Å². The Balaban J connectivity index is 0.00000306. The van der Waals surface area contributed by atoms with Crippen LogP contribution in [0.1, 0.15) is 16.1 Å². The average molecular weight is 469 g/mol. The lowest BCUT2D eigenvalue weighted by atomic mass is 9.97. The highest BCUT2D eigenvalue weighted by Gasteiger charge is 2.20. The molecule has 0 radical (unpaired) electrons. The van der Waals surface area contributed by atoms with E-state index in [0.717, 1.165) is 18.2 Å². The van der Waals surface area contributed by atoms with Crippen LogP contribution < -0.4 is 11.1 Å². The number of hydrogen-bond acceptors (Lipinski definition) is 6. The number of phenolic OH excluding ortho intramolecular Hbond substituents is 1. The van der Waals surface area contributed by atoms with Gasteiger partial charge in [-0.15, -0.1) is 12.4 Å². The lowest BCUT2D eigenvalue weighted by Crippen LogP contribution is -2.14. The minimum atomic E-state index is -0.663. The van der Waals surface area contributed by atoms with Crippen molar-refractivity contribution < 1.29 is 23.1 Å². The van der Waals surface area contributed by atoms with Crippen LogP contribution in [0.25, 0.3) is 22.4 Å². The molecule has 2 aromatic heterocycles. The van der Waals surface area contributed by atoms with Crippen molar-refractivity contribution in [2.24, 2.45) is 0 Å². The molecule has 0 bridgehead atoms. The van der Waals surface area contributed by atoms with E-state index in [-0.39, 0.29) is 52.1 Å². The van der Waals surface area contributed by atoms with Crippen LogP contribution >= 0.6 is 12.4 Å². The third-order valence-electron chi connectivity index (χ3n) is 4.65. The van der Waals surface area contributed by atoms with Gasteiger partial charge in [-0.05, 0) is 48.0 Å². The molecule has 0 aliphatic rings. The molecule has 1 amide bonds. The average Bonchev–Trinajstić information content (AvgIpc) is 3.30. The molecule has 2 aromatic carbocycles. The van der Waals surface area contributed by atoms with Crippen LogP contribution in [0.15, 0.2) is 65.3 Å². The van der Waals surface area contributed by atoms with Crippen LogP contribution in [0, 0.1) is 23.0 Å². The van der Waals surface area contributed by atoms with Gasteiger partial charge in [0.05, 0.1) is 17.6 Å². The second-order valence-corrected chi connectivity index (χ2v) is 6.72. The van der Waals surface area contributed by atoms with E-state index in [1.165, 1.54) is 42.7 Å². The van der Waals surface area contributed by atoms with Gasteiger partial charge in [0.25, 0.3) is 5.91 Å². The molecule has 0 unspecified atom stereocenters. The molecule has 4 rings (SSSR count). The largest absolute Gasteiger partial charge is 0.507 e. The summed E-state index contributed by atoms with van der Waals surface area (Å²) in [6.07, 6.45) is 1.31. The zero-order valence-corrected chi connectivity index (χ0v) is 17.5. The molecular formula is C23H15ClF2N4O3. The topological polar surface area (TPSA) is 125 Å². The Morgan fingerprint density at radius 3 is 2.55 bits per heavy atom. The number of aromatic hydroxyl groups is 1. The number of benzene rings is 2. The number of nitrogens with two attached hydrogens (primary N) is 1. The van der Waals surface area contributed by atoms with Crippen molar-refractivity contribution in [1.82, 2.24) is 4.98 Å². The molecule has 10 heteroatoms. The first-order valence-electron chi connectivity index (χ1n) is 9.21. The maximum absolute atomic E-state index is 13.7. The number of carbonyl (C=O) groups is 1. The second-order valence-electron chi connectivity index (χ2n) is 6.72. The Bertz CT molecular complexity index is 1390. The predicted octanol–water partition coefficient (Wildman–Crippen LogP) is 5.12. The zero-order valence-electron chi connectivity index (χ0n) is 16.7. The van der Waals surface area contributed by atoms with E-state index in [4.69, 9.17) is 10.2 Å². The van der Waals surface area contributed by atoms with E-state index in [2.05, 4.69) is 10.3 Å². The summed E-state index contributed by atoms with van der Waals surface area (Å²) in [7, 11) is 0. The highest BCUT2D eigenvalue weighted by Crippen LogP contribution is 2.36. The van der Waals surface area contributed by atoms with Gasteiger partial charge in [0.15, 0.2) is 11.6 Å². The van der Waals surface area contributed by atoms with Gasteiger partial charge in [-0.1, -0.05) is 6.07 Å². The number of amides is 1. The first-order valence-corrected chi connectivity index (χ1v) is 9.21. The van der Waals surface area contributed by atoms with Crippen LogP contribution in [0.5, 0.6) is 5.75 Å². The Morgan fingerprint density at radius 1 is 1.12 bits per heavy atom. The molecule has 0 saturated carbocycles. The number of anilines is 2. The SMILES string of the molecule is Cl.N#Cc1c(-c2ccc(F)c(N)c2)cc(-c2ccc(F)cc2O)nc1NC(=O)c1ccco1. The fraction of sp³-hybridized carbons (Fsp3) is 0. The van der Waals surface area contributed by atoms with Gasteiger partial charge >= 0.3 is 0 Å². The van der Waals surface area contributed by atoms with Crippen molar-refractivity contribution in [2.75, 3.05) is 11.1 Å². The summed E-state index contributed by atoms with van der Waals surface area (Å²) in [4.78, 5) is 16.8. The lowest BCUT2D eigenvalue weighted by molar-refractivity contribution is 0.0996. The molecule has 0 fully saturated rings. The van der Waals surface area contributed by atoms with E-state index < -0.39 is 23.3 Å². The number of nitriles is 1. The van der Waals surface area contributed by atoms with E-state index in [1.54, 1.807) is 0 Å². The molecule has 0 saturated heterocycles. The number of aromatic nitrogens is 1. The van der Waals surface area contributed by atoms with Crippen molar-refractivity contribution in [3.63, 3.8) is 0 Å². The summed E-state index contributed by atoms with van der Waals surface area (Å²) in [5.41, 5.74) is 6.44. The van der Waals surface area contributed by atoms with Gasteiger partial charge in [-0.25, -0.2) is 13.8 Å². The molecule has 7 nitrogen and oxygen atoms in total. The van der Waals surface area contributed by atoms with Crippen LogP contribution in [0.4, 0.5) is 20.3 Å². The van der Waals surface area contributed by atoms with E-state index in [1.807, 2.05) is 6.07 Å². The number of carbonyl (C=O) groups excluding carboxylic acids is 1. The first kappa shape index (κ1) is 23.2. The standard InChI is InChI=1S/C23H14F2N4O3.ClH/c24-13-4-5-14(20(30)9-13)19-10-15(12-3-6-17(25)18(27)8-12)16(11-26)22(28-19)29-23(31)21-2-1-7-32-21;/h1-10,30H,27H2,(H,28,29,31);1H. The number of phenols is 1. The van der Waals surface area contributed by atoms with E-state index in [0.29, 0.717) is 5.56 Å². The number of pyridine rings is 1. The molecular weight excluding hydrogens is 454 g/mol. The Labute approximate surface area is 192 Å². The summed E-state index contributed by atoms with van der Waals surface area (Å²) in [6, 6.07) is 13.6. The van der Waals surface area contributed by atoms with Crippen molar-refractivity contribution in [2.45, 2.75) is 0 Å². The lowest BCUT2D eigenvalue weighted by Gasteiger charge is -2.14. The summed E-state index contributed by atoms with van der Waals surface area (Å²) >= 11 is 0. The fourth-order valence-electron chi connectivity index (χ4n) is 3.12. The molecule has 0 spiro atoms. The maximum Gasteiger partial charge on any atom is 0.292 e. The molecule has 33 heavy (non-hydrogen) atoms. The summed E-state index contributed by atoms with van der Waals surface area (Å²) < 4.78 is 32.2. The highest BCUT2D eigenvalue weighted by atomic mass is 35.5. The quantitative estimate of drug-likeness (QED) is 0.357. The van der Waals surface area contributed by atoms with Crippen molar-refractivity contribution in [1.29, 1.82) is 5.26 Å². The second kappa shape index (κ2) is 9.38. The number of furan rings is 1. The fourth-order valence-corrected chi connectivity index (χ4v) is 3.12.